The Morgan fingerprint density at radius 3 is 2.57 bits per heavy atom. The molecule has 6 heteroatoms. The third kappa shape index (κ3) is 3.81. The van der Waals surface area contributed by atoms with Crippen molar-refractivity contribution in [3.05, 3.63) is 16.1 Å². The number of carboxylic acid groups (broad SMARTS) is 1. The smallest absolute Gasteiger partial charge is 0.310 e. The second kappa shape index (κ2) is 6.56. The SMILES string of the molecule is Cc1nc(CN(C)C(=O)CC2(C(=O)O)CCCCC2)cs1. The standard InChI is InChI=1S/C15H22N2O3S/c1-11-16-12(10-21-11)9-17(2)13(18)8-15(14(19)20)6-4-3-5-7-15/h10H,3-9H2,1-2H3,(H,19,20). The predicted octanol–water partition coefficient (Wildman–Crippen LogP) is 2.84. The normalized spacial score (nSPS) is 17.4. The summed E-state index contributed by atoms with van der Waals surface area (Å²) in [6.45, 7) is 2.37. The second-order valence-corrected chi connectivity index (χ2v) is 6.99. The van der Waals surface area contributed by atoms with Crippen LogP contribution in [0.3, 0.4) is 0 Å². The zero-order valence-corrected chi connectivity index (χ0v) is 13.4. The molecule has 0 saturated heterocycles. The molecular formula is C15H22N2O3S. The summed E-state index contributed by atoms with van der Waals surface area (Å²) in [5, 5.41) is 12.4. The molecule has 0 bridgehead atoms. The number of carboxylic acids is 1. The summed E-state index contributed by atoms with van der Waals surface area (Å²) < 4.78 is 0. The van der Waals surface area contributed by atoms with Crippen molar-refractivity contribution in [2.45, 2.75) is 52.0 Å². The molecule has 0 spiro atoms. The lowest BCUT2D eigenvalue weighted by Crippen LogP contribution is -2.39. The van der Waals surface area contributed by atoms with Gasteiger partial charge in [0.15, 0.2) is 0 Å². The summed E-state index contributed by atoms with van der Waals surface area (Å²) in [4.78, 5) is 29.9. The van der Waals surface area contributed by atoms with Crippen LogP contribution in [0.2, 0.25) is 0 Å². The van der Waals surface area contributed by atoms with Crippen molar-refractivity contribution < 1.29 is 14.7 Å². The van der Waals surface area contributed by atoms with Crippen LogP contribution in [-0.2, 0) is 16.1 Å². The van der Waals surface area contributed by atoms with Crippen molar-refractivity contribution in [3.8, 4) is 0 Å². The van der Waals surface area contributed by atoms with E-state index in [9.17, 15) is 14.7 Å². The number of hydrogen-bond donors (Lipinski definition) is 1. The van der Waals surface area contributed by atoms with Gasteiger partial charge in [-0.3, -0.25) is 9.59 Å². The fourth-order valence-electron chi connectivity index (χ4n) is 2.93. The summed E-state index contributed by atoms with van der Waals surface area (Å²) in [6.07, 6.45) is 4.18. The Bertz CT molecular complexity index is 521. The van der Waals surface area contributed by atoms with Crippen molar-refractivity contribution in [1.29, 1.82) is 0 Å². The van der Waals surface area contributed by atoms with Gasteiger partial charge in [-0.2, -0.15) is 0 Å². The number of rotatable bonds is 5. The molecule has 0 atom stereocenters. The van der Waals surface area contributed by atoms with Crippen LogP contribution in [0.5, 0.6) is 0 Å². The molecule has 21 heavy (non-hydrogen) atoms. The number of aromatic nitrogens is 1. The molecule has 1 saturated carbocycles. The van der Waals surface area contributed by atoms with Crippen molar-refractivity contribution in [2.75, 3.05) is 7.05 Å². The van der Waals surface area contributed by atoms with Gasteiger partial charge in [-0.1, -0.05) is 19.3 Å². The lowest BCUT2D eigenvalue weighted by Gasteiger charge is -2.33. The molecule has 1 N–H and O–H groups in total. The second-order valence-electron chi connectivity index (χ2n) is 5.93. The van der Waals surface area contributed by atoms with E-state index in [4.69, 9.17) is 0 Å². The monoisotopic (exact) mass is 310 g/mol. The van der Waals surface area contributed by atoms with Gasteiger partial charge in [0, 0.05) is 18.8 Å². The van der Waals surface area contributed by atoms with E-state index in [1.807, 2.05) is 12.3 Å². The van der Waals surface area contributed by atoms with E-state index in [0.29, 0.717) is 19.4 Å². The topological polar surface area (TPSA) is 70.5 Å². The fraction of sp³-hybridized carbons (Fsp3) is 0.667. The molecule has 1 aromatic heterocycles. The summed E-state index contributed by atoms with van der Waals surface area (Å²) >= 11 is 1.55. The van der Waals surface area contributed by atoms with Gasteiger partial charge in [-0.25, -0.2) is 4.98 Å². The zero-order chi connectivity index (χ0) is 15.5. The number of thiazole rings is 1. The first-order valence-electron chi connectivity index (χ1n) is 7.31. The van der Waals surface area contributed by atoms with Crippen molar-refractivity contribution >= 4 is 23.2 Å². The Kier molecular flexibility index (Phi) is 4.98. The molecule has 1 fully saturated rings. The first kappa shape index (κ1) is 15.9. The molecule has 1 amide bonds. The lowest BCUT2D eigenvalue weighted by atomic mass is 9.71. The maximum absolute atomic E-state index is 12.4. The van der Waals surface area contributed by atoms with E-state index < -0.39 is 11.4 Å². The van der Waals surface area contributed by atoms with Crippen LogP contribution in [0.15, 0.2) is 5.38 Å². The number of amides is 1. The van der Waals surface area contributed by atoms with Crippen molar-refractivity contribution in [2.24, 2.45) is 5.41 Å². The van der Waals surface area contributed by atoms with Crippen LogP contribution in [0, 0.1) is 12.3 Å². The van der Waals surface area contributed by atoms with Gasteiger partial charge < -0.3 is 10.0 Å². The quantitative estimate of drug-likeness (QED) is 0.908. The van der Waals surface area contributed by atoms with Crippen LogP contribution in [-0.4, -0.2) is 33.9 Å². The van der Waals surface area contributed by atoms with Gasteiger partial charge >= 0.3 is 5.97 Å². The van der Waals surface area contributed by atoms with Gasteiger partial charge in [0.25, 0.3) is 0 Å². The Morgan fingerprint density at radius 1 is 1.38 bits per heavy atom. The molecule has 0 aliphatic heterocycles. The van der Waals surface area contributed by atoms with E-state index in [2.05, 4.69) is 4.98 Å². The third-order valence-electron chi connectivity index (χ3n) is 4.25. The molecule has 0 radical (unpaired) electrons. The first-order chi connectivity index (χ1) is 9.93. The van der Waals surface area contributed by atoms with Crippen LogP contribution in [0.25, 0.3) is 0 Å². The van der Waals surface area contributed by atoms with Crippen molar-refractivity contribution in [3.63, 3.8) is 0 Å². The van der Waals surface area contributed by atoms with Crippen LogP contribution >= 0.6 is 11.3 Å². The Morgan fingerprint density at radius 2 is 2.05 bits per heavy atom. The molecule has 0 unspecified atom stereocenters. The zero-order valence-electron chi connectivity index (χ0n) is 12.6. The lowest BCUT2D eigenvalue weighted by molar-refractivity contribution is -0.155. The molecule has 1 aromatic rings. The number of hydrogen-bond acceptors (Lipinski definition) is 4. The minimum absolute atomic E-state index is 0.0992. The molecule has 1 aliphatic rings. The van der Waals surface area contributed by atoms with Gasteiger partial charge in [-0.15, -0.1) is 11.3 Å². The minimum Gasteiger partial charge on any atom is -0.481 e. The van der Waals surface area contributed by atoms with Crippen LogP contribution < -0.4 is 0 Å². The summed E-state index contributed by atoms with van der Waals surface area (Å²) in [6, 6.07) is 0. The summed E-state index contributed by atoms with van der Waals surface area (Å²) in [5.41, 5.74) is 0.00284. The van der Waals surface area contributed by atoms with Gasteiger partial charge in [0.2, 0.25) is 5.91 Å². The predicted molar refractivity (Wildman–Crippen MR) is 81.1 cm³/mol. The molecule has 1 aliphatic carbocycles. The molecule has 116 valence electrons. The van der Waals surface area contributed by atoms with E-state index >= 15 is 0 Å². The maximum atomic E-state index is 12.4. The number of nitrogens with zero attached hydrogens (tertiary/aromatic N) is 2. The fourth-order valence-corrected chi connectivity index (χ4v) is 3.54. The van der Waals surface area contributed by atoms with E-state index in [1.54, 1.807) is 23.3 Å². The van der Waals surface area contributed by atoms with E-state index in [0.717, 1.165) is 30.0 Å². The molecular weight excluding hydrogens is 288 g/mol. The van der Waals surface area contributed by atoms with Gasteiger partial charge in [0.1, 0.15) is 0 Å². The first-order valence-corrected chi connectivity index (χ1v) is 8.19. The van der Waals surface area contributed by atoms with Crippen molar-refractivity contribution in [1.82, 2.24) is 9.88 Å². The molecule has 0 aromatic carbocycles. The third-order valence-corrected chi connectivity index (χ3v) is 5.07. The highest BCUT2D eigenvalue weighted by molar-refractivity contribution is 7.09. The van der Waals surface area contributed by atoms with Crippen LogP contribution in [0.1, 0.15) is 49.2 Å². The highest BCUT2D eigenvalue weighted by Gasteiger charge is 2.42. The molecule has 5 nitrogen and oxygen atoms in total. The Hall–Kier alpha value is -1.43. The summed E-state index contributed by atoms with van der Waals surface area (Å²) in [5.74, 6) is -0.932. The molecule has 2 rings (SSSR count). The average molecular weight is 310 g/mol. The minimum atomic E-state index is -0.860. The highest BCUT2D eigenvalue weighted by Crippen LogP contribution is 2.40. The van der Waals surface area contributed by atoms with Gasteiger partial charge in [0.05, 0.1) is 22.7 Å². The van der Waals surface area contributed by atoms with E-state index in [1.165, 1.54) is 0 Å². The highest BCUT2D eigenvalue weighted by atomic mass is 32.1. The largest absolute Gasteiger partial charge is 0.481 e. The number of carbonyl (C=O) groups is 2. The summed E-state index contributed by atoms with van der Waals surface area (Å²) in [7, 11) is 1.72. The van der Waals surface area contributed by atoms with Gasteiger partial charge in [-0.05, 0) is 19.8 Å². The average Bonchev–Trinajstić information content (AvgIpc) is 2.85. The Balaban J connectivity index is 1.99. The number of aryl methyl sites for hydroxylation is 1. The van der Waals surface area contributed by atoms with E-state index in [-0.39, 0.29) is 12.3 Å². The maximum Gasteiger partial charge on any atom is 0.310 e. The molecule has 1 heterocycles. The Labute approximate surface area is 129 Å². The number of aliphatic carboxylic acids is 1. The number of carbonyl (C=O) groups excluding carboxylic acids is 1. The van der Waals surface area contributed by atoms with Crippen LogP contribution in [0.4, 0.5) is 0 Å².